The maximum absolute atomic E-state index is 11.7. The van der Waals surface area contributed by atoms with Crippen molar-refractivity contribution in [3.8, 4) is 0 Å². The SMILES string of the molecule is CC(=O)OC[C@H]1O[C@@H](n2c(=S)sc3cnc(N)nc32)[C@H](OC(C)=O)[C@H]1OC(C)=O.Nc1ncc2sc(=S)[nH]c2n1. The third-order valence-corrected chi connectivity index (χ3v) is 7.65. The van der Waals surface area contributed by atoms with Crippen LogP contribution in [0, 0.1) is 7.91 Å². The van der Waals surface area contributed by atoms with E-state index in [0.29, 0.717) is 23.9 Å². The number of carbonyl (C=O) groups excluding carboxylic acids is 3. The summed E-state index contributed by atoms with van der Waals surface area (Å²) in [6.07, 6.45) is -0.791. The van der Waals surface area contributed by atoms with E-state index in [0.717, 1.165) is 4.70 Å². The molecule has 1 aliphatic heterocycles. The molecule has 19 heteroatoms. The summed E-state index contributed by atoms with van der Waals surface area (Å²) in [5.41, 5.74) is 12.2. The lowest BCUT2D eigenvalue weighted by Crippen LogP contribution is -2.40. The van der Waals surface area contributed by atoms with E-state index in [-0.39, 0.29) is 18.5 Å². The summed E-state index contributed by atoms with van der Waals surface area (Å²) in [6, 6.07) is 0. The lowest BCUT2D eigenvalue weighted by atomic mass is 10.1. The molecule has 40 heavy (non-hydrogen) atoms. The van der Waals surface area contributed by atoms with E-state index in [1.807, 2.05) is 0 Å². The van der Waals surface area contributed by atoms with Gasteiger partial charge in [-0.15, -0.1) is 22.7 Å². The van der Waals surface area contributed by atoms with Gasteiger partial charge in [0.25, 0.3) is 0 Å². The van der Waals surface area contributed by atoms with Crippen LogP contribution in [0.2, 0.25) is 0 Å². The molecule has 0 amide bonds. The zero-order chi connectivity index (χ0) is 29.1. The van der Waals surface area contributed by atoms with Crippen LogP contribution in [-0.4, -0.2) is 72.3 Å². The molecule has 4 aromatic rings. The second-order valence-corrected chi connectivity index (χ2v) is 11.5. The number of H-pyrrole nitrogens is 1. The lowest BCUT2D eigenvalue weighted by molar-refractivity contribution is -0.166. The number of fused-ring (bicyclic) bond motifs is 2. The van der Waals surface area contributed by atoms with Gasteiger partial charge in [-0.2, -0.15) is 9.97 Å². The van der Waals surface area contributed by atoms with E-state index in [1.54, 1.807) is 6.20 Å². The molecule has 0 spiro atoms. The first-order valence-corrected chi connectivity index (χ1v) is 13.8. The molecule has 5 rings (SSSR count). The maximum atomic E-state index is 11.7. The number of nitrogens with zero attached hydrogens (tertiary/aromatic N) is 5. The highest BCUT2D eigenvalue weighted by atomic mass is 32.2. The number of aromatic amines is 1. The van der Waals surface area contributed by atoms with E-state index in [2.05, 4.69) is 24.9 Å². The van der Waals surface area contributed by atoms with Gasteiger partial charge in [0.1, 0.15) is 12.7 Å². The first-order valence-electron chi connectivity index (χ1n) is 11.3. The first kappa shape index (κ1) is 29.3. The van der Waals surface area contributed by atoms with Gasteiger partial charge < -0.3 is 35.4 Å². The number of hydrogen-bond donors (Lipinski definition) is 3. The minimum Gasteiger partial charge on any atom is -0.463 e. The number of thiazole rings is 2. The van der Waals surface area contributed by atoms with Gasteiger partial charge in [-0.25, -0.2) is 9.97 Å². The Morgan fingerprint density at radius 3 is 2.25 bits per heavy atom. The maximum Gasteiger partial charge on any atom is 0.303 e. The number of hydrogen-bond acceptors (Lipinski definition) is 17. The summed E-state index contributed by atoms with van der Waals surface area (Å²) < 4.78 is 25.9. The molecule has 0 aliphatic carbocycles. The van der Waals surface area contributed by atoms with Crippen LogP contribution >= 0.6 is 47.1 Å². The molecule has 4 aromatic heterocycles. The summed E-state index contributed by atoms with van der Waals surface area (Å²) in [5.74, 6) is -1.49. The molecule has 212 valence electrons. The zero-order valence-electron chi connectivity index (χ0n) is 21.1. The van der Waals surface area contributed by atoms with E-state index >= 15 is 0 Å². The average molecular weight is 627 g/mol. The number of nitrogens with one attached hydrogen (secondary N) is 1. The highest BCUT2D eigenvalue weighted by Crippen LogP contribution is 2.38. The lowest BCUT2D eigenvalue weighted by Gasteiger charge is -2.23. The van der Waals surface area contributed by atoms with Gasteiger partial charge in [0.05, 0.1) is 21.8 Å². The molecule has 0 saturated carbocycles. The molecule has 1 saturated heterocycles. The molecule has 0 aromatic carbocycles. The summed E-state index contributed by atoms with van der Waals surface area (Å²) >= 11 is 13.0. The van der Waals surface area contributed by atoms with Crippen LogP contribution < -0.4 is 11.5 Å². The van der Waals surface area contributed by atoms with Crippen LogP contribution in [0.4, 0.5) is 11.9 Å². The van der Waals surface area contributed by atoms with Gasteiger partial charge in [0.2, 0.25) is 11.9 Å². The van der Waals surface area contributed by atoms with Crippen LogP contribution in [0.3, 0.4) is 0 Å². The smallest absolute Gasteiger partial charge is 0.303 e. The average Bonchev–Trinajstić information content (AvgIpc) is 3.49. The van der Waals surface area contributed by atoms with Crippen molar-refractivity contribution >= 4 is 97.6 Å². The monoisotopic (exact) mass is 626 g/mol. The third kappa shape index (κ3) is 6.73. The number of nitrogen functional groups attached to an aromatic ring is 2. The highest BCUT2D eigenvalue weighted by molar-refractivity contribution is 7.74. The molecule has 1 fully saturated rings. The fraction of sp³-hybridized carbons (Fsp3) is 0.381. The molecule has 0 unspecified atom stereocenters. The van der Waals surface area contributed by atoms with Crippen molar-refractivity contribution in [1.82, 2.24) is 29.5 Å². The quantitative estimate of drug-likeness (QED) is 0.165. The largest absolute Gasteiger partial charge is 0.463 e. The molecule has 4 atom stereocenters. The summed E-state index contributed by atoms with van der Waals surface area (Å²) in [6.45, 7) is 3.44. The standard InChI is InChI=1S/C16H18N4O7S2.C5H4N4S2/c1-6(21)24-5-9-11(25-7(2)22)12(26-8(3)23)14(27-9)20-13-10(29-16(20)28)4-18-15(17)19-13;6-4-7-1-2-3(8-4)9-5(10)11-2/h4,9,11-12,14H,5H2,1-3H3,(H2,17,18,19);1H,(H3,6,7,8,9,10)/t9-,11+,12-,14-;/m1./s1. The third-order valence-electron chi connectivity index (χ3n) is 5.17. The van der Waals surface area contributed by atoms with Crippen molar-refractivity contribution in [3.63, 3.8) is 0 Å². The molecule has 5 N–H and O–H groups in total. The molecule has 5 heterocycles. The van der Waals surface area contributed by atoms with Gasteiger partial charge in [0, 0.05) is 20.8 Å². The Morgan fingerprint density at radius 1 is 0.975 bits per heavy atom. The van der Waals surface area contributed by atoms with Crippen LogP contribution in [-0.2, 0) is 33.3 Å². The van der Waals surface area contributed by atoms with Crippen molar-refractivity contribution in [2.45, 2.75) is 45.3 Å². The number of esters is 3. The zero-order valence-corrected chi connectivity index (χ0v) is 24.3. The highest BCUT2D eigenvalue weighted by Gasteiger charge is 2.51. The second kappa shape index (κ2) is 12.3. The summed E-state index contributed by atoms with van der Waals surface area (Å²) in [7, 11) is 0. The number of anilines is 2. The first-order chi connectivity index (χ1) is 18.9. The van der Waals surface area contributed by atoms with E-state index in [1.165, 1.54) is 54.2 Å². The van der Waals surface area contributed by atoms with E-state index < -0.39 is 42.4 Å². The Hall–Kier alpha value is -3.65. The number of aromatic nitrogens is 6. The van der Waals surface area contributed by atoms with Crippen molar-refractivity contribution < 1.29 is 33.3 Å². The second-order valence-electron chi connectivity index (χ2n) is 8.13. The predicted molar refractivity (Wildman–Crippen MR) is 149 cm³/mol. The molecule has 0 radical (unpaired) electrons. The van der Waals surface area contributed by atoms with Crippen LogP contribution in [0.25, 0.3) is 20.7 Å². The Labute approximate surface area is 243 Å². The van der Waals surface area contributed by atoms with Gasteiger partial charge >= 0.3 is 17.9 Å². The minimum atomic E-state index is -1.06. The molecule has 1 aliphatic rings. The van der Waals surface area contributed by atoms with Crippen molar-refractivity contribution in [1.29, 1.82) is 0 Å². The van der Waals surface area contributed by atoms with Crippen LogP contribution in [0.1, 0.15) is 27.0 Å². The molecule has 0 bridgehead atoms. The van der Waals surface area contributed by atoms with Crippen LogP contribution in [0.15, 0.2) is 12.4 Å². The molecular formula is C21H22N8O7S4. The minimum absolute atomic E-state index is 0.0223. The van der Waals surface area contributed by atoms with Crippen molar-refractivity contribution in [2.75, 3.05) is 18.1 Å². The Kier molecular flexibility index (Phi) is 8.98. The summed E-state index contributed by atoms with van der Waals surface area (Å²) in [5, 5.41) is 0. The Balaban J connectivity index is 0.000000278. The summed E-state index contributed by atoms with van der Waals surface area (Å²) in [4.78, 5) is 53.4. The molecular weight excluding hydrogens is 605 g/mol. The van der Waals surface area contributed by atoms with Gasteiger partial charge in [-0.05, 0) is 24.4 Å². The fourth-order valence-electron chi connectivity index (χ4n) is 3.75. The topological polar surface area (TPSA) is 212 Å². The van der Waals surface area contributed by atoms with Gasteiger partial charge in [-0.1, -0.05) is 0 Å². The predicted octanol–water partition coefficient (Wildman–Crippen LogP) is 2.46. The fourth-order valence-corrected chi connectivity index (χ4v) is 6.03. The number of nitrogens with two attached hydrogens (primary N) is 2. The Bertz CT molecular complexity index is 1700. The Morgan fingerprint density at radius 2 is 1.60 bits per heavy atom. The number of ether oxygens (including phenoxy) is 4. The normalized spacial score (nSPS) is 20.1. The number of carbonyl (C=O) groups is 3. The van der Waals surface area contributed by atoms with E-state index in [9.17, 15) is 14.4 Å². The number of rotatable bonds is 5. The van der Waals surface area contributed by atoms with Crippen molar-refractivity contribution in [3.05, 3.63) is 20.3 Å². The van der Waals surface area contributed by atoms with E-state index in [4.69, 9.17) is 54.9 Å². The molecule has 15 nitrogen and oxygen atoms in total. The van der Waals surface area contributed by atoms with Gasteiger partial charge in [0.15, 0.2) is 37.6 Å². The van der Waals surface area contributed by atoms with Gasteiger partial charge in [-0.3, -0.25) is 19.0 Å². The van der Waals surface area contributed by atoms with Crippen molar-refractivity contribution in [2.24, 2.45) is 0 Å². The van der Waals surface area contributed by atoms with Crippen LogP contribution in [0.5, 0.6) is 0 Å².